The Balaban J connectivity index is 1.24. The van der Waals surface area contributed by atoms with E-state index < -0.39 is 17.8 Å². The molecule has 6 rings (SSSR count). The monoisotopic (exact) mass is 608 g/mol. The van der Waals surface area contributed by atoms with Crippen molar-refractivity contribution < 1.29 is 22.7 Å². The summed E-state index contributed by atoms with van der Waals surface area (Å²) >= 11 is 1.37. The molecular formula is C29H27F3N8O2S. The molecule has 1 aliphatic rings. The number of aromatic nitrogens is 6. The van der Waals surface area contributed by atoms with E-state index in [1.807, 2.05) is 44.2 Å². The number of piperidine rings is 1. The number of halogens is 3. The Morgan fingerprint density at radius 1 is 1.14 bits per heavy atom. The molecule has 5 heterocycles. The first-order valence-electron chi connectivity index (χ1n) is 13.6. The second-order valence-corrected chi connectivity index (χ2v) is 11.5. The van der Waals surface area contributed by atoms with Crippen LogP contribution in [-0.4, -0.2) is 59.8 Å². The zero-order valence-corrected chi connectivity index (χ0v) is 24.0. The molecule has 43 heavy (non-hydrogen) atoms. The Bertz CT molecular complexity index is 1760. The third-order valence-corrected chi connectivity index (χ3v) is 8.15. The van der Waals surface area contributed by atoms with Crippen molar-refractivity contribution in [3.63, 3.8) is 0 Å². The fraction of sp³-hybridized carbons (Fsp3) is 0.310. The second kappa shape index (κ2) is 11.6. The summed E-state index contributed by atoms with van der Waals surface area (Å²) in [6.07, 6.45) is -1.54. The van der Waals surface area contributed by atoms with Crippen LogP contribution in [0.25, 0.3) is 33.0 Å². The molecule has 1 amide bonds. The van der Waals surface area contributed by atoms with Gasteiger partial charge in [-0.3, -0.25) is 0 Å². The summed E-state index contributed by atoms with van der Waals surface area (Å²) < 4.78 is 47.8. The lowest BCUT2D eigenvalue weighted by Crippen LogP contribution is -2.50. The SMILES string of the molecule is Cc1nnc(-c2ccc3c(-c4nc(N[C@H]5CC[C@H](C)N(C(=O)OCc6ccccc6)C5)ncc4C(F)(F)F)c[nH]c3n2)s1. The van der Waals surface area contributed by atoms with Crippen molar-refractivity contribution >= 4 is 34.4 Å². The van der Waals surface area contributed by atoms with E-state index in [1.165, 1.54) is 17.5 Å². The number of alkyl halides is 3. The molecule has 0 saturated carbocycles. The van der Waals surface area contributed by atoms with Crippen molar-refractivity contribution in [3.05, 3.63) is 71.0 Å². The van der Waals surface area contributed by atoms with Crippen LogP contribution in [-0.2, 0) is 17.5 Å². The molecule has 1 saturated heterocycles. The number of rotatable bonds is 6. The number of carbonyl (C=O) groups excluding carboxylic acids is 1. The van der Waals surface area contributed by atoms with Gasteiger partial charge in [-0.1, -0.05) is 41.7 Å². The fourth-order valence-electron chi connectivity index (χ4n) is 5.05. The van der Waals surface area contributed by atoms with Gasteiger partial charge in [-0.15, -0.1) is 10.2 Å². The van der Waals surface area contributed by atoms with Gasteiger partial charge in [-0.25, -0.2) is 19.7 Å². The van der Waals surface area contributed by atoms with Crippen molar-refractivity contribution in [3.8, 4) is 22.0 Å². The predicted molar refractivity (Wildman–Crippen MR) is 155 cm³/mol. The van der Waals surface area contributed by atoms with Crippen molar-refractivity contribution in [1.29, 1.82) is 0 Å². The zero-order valence-electron chi connectivity index (χ0n) is 23.2. The number of aryl methyl sites for hydroxylation is 1. The summed E-state index contributed by atoms with van der Waals surface area (Å²) in [5, 5.41) is 13.1. The fourth-order valence-corrected chi connectivity index (χ4v) is 5.71. The van der Waals surface area contributed by atoms with Gasteiger partial charge in [0.2, 0.25) is 5.95 Å². The van der Waals surface area contributed by atoms with Crippen molar-refractivity contribution in [2.75, 3.05) is 11.9 Å². The molecule has 5 aromatic rings. The number of carbonyl (C=O) groups is 1. The lowest BCUT2D eigenvalue weighted by molar-refractivity contribution is -0.137. The molecule has 14 heteroatoms. The Morgan fingerprint density at radius 2 is 1.95 bits per heavy atom. The maximum Gasteiger partial charge on any atom is 0.419 e. The van der Waals surface area contributed by atoms with Gasteiger partial charge in [0.1, 0.15) is 28.5 Å². The average molecular weight is 609 g/mol. The Hall–Kier alpha value is -4.59. The Kier molecular flexibility index (Phi) is 7.69. The van der Waals surface area contributed by atoms with E-state index in [9.17, 15) is 18.0 Å². The van der Waals surface area contributed by atoms with Crippen LogP contribution < -0.4 is 5.32 Å². The van der Waals surface area contributed by atoms with E-state index >= 15 is 0 Å². The number of hydrogen-bond acceptors (Lipinski definition) is 9. The van der Waals surface area contributed by atoms with Crippen LogP contribution in [0.3, 0.4) is 0 Å². The summed E-state index contributed by atoms with van der Waals surface area (Å²) in [5.41, 5.74) is 0.828. The van der Waals surface area contributed by atoms with E-state index in [0.29, 0.717) is 41.1 Å². The van der Waals surface area contributed by atoms with Gasteiger partial charge in [0.25, 0.3) is 0 Å². The number of aromatic amines is 1. The molecule has 1 aromatic carbocycles. The number of hydrogen-bond donors (Lipinski definition) is 2. The van der Waals surface area contributed by atoms with Crippen LogP contribution in [0.4, 0.5) is 23.9 Å². The van der Waals surface area contributed by atoms with Gasteiger partial charge in [-0.2, -0.15) is 13.2 Å². The minimum atomic E-state index is -4.69. The largest absolute Gasteiger partial charge is 0.445 e. The minimum absolute atomic E-state index is 0.0309. The quantitative estimate of drug-likeness (QED) is 0.225. The van der Waals surface area contributed by atoms with Gasteiger partial charge in [0.15, 0.2) is 5.01 Å². The highest BCUT2D eigenvalue weighted by atomic mass is 32.1. The standard InChI is InChI=1S/C29H27F3N8O2S/c1-16-8-9-19(14-40(16)28(41)42-15-18-6-4-3-5-7-18)35-27-34-13-22(29(30,31)32)24(37-27)21-12-33-25-20(21)10-11-23(36-25)26-39-38-17(2)43-26/h3-7,10-13,16,19H,8-9,14-15H2,1-2H3,(H,33,36)(H,34,35,37)/t16-,19-/m0/s1. The molecule has 0 radical (unpaired) electrons. The van der Waals surface area contributed by atoms with Crippen LogP contribution in [0.5, 0.6) is 0 Å². The number of pyridine rings is 1. The molecular weight excluding hydrogens is 581 g/mol. The summed E-state index contributed by atoms with van der Waals surface area (Å²) in [4.78, 5) is 30.3. The number of likely N-dealkylation sites (tertiary alicyclic amines) is 1. The van der Waals surface area contributed by atoms with Crippen LogP contribution in [0, 0.1) is 6.92 Å². The van der Waals surface area contributed by atoms with Crippen LogP contribution in [0.15, 0.2) is 54.9 Å². The maximum absolute atomic E-state index is 14.1. The van der Waals surface area contributed by atoms with E-state index in [-0.39, 0.29) is 35.9 Å². The smallest absolute Gasteiger partial charge is 0.419 e. The molecule has 4 aromatic heterocycles. The molecule has 0 spiro atoms. The topological polar surface area (TPSA) is 122 Å². The Morgan fingerprint density at radius 3 is 2.70 bits per heavy atom. The molecule has 0 unspecified atom stereocenters. The highest BCUT2D eigenvalue weighted by Gasteiger charge is 2.37. The van der Waals surface area contributed by atoms with Gasteiger partial charge < -0.3 is 19.9 Å². The lowest BCUT2D eigenvalue weighted by atomic mass is 10.00. The molecule has 0 aliphatic carbocycles. The van der Waals surface area contributed by atoms with Crippen molar-refractivity contribution in [1.82, 2.24) is 35.0 Å². The third kappa shape index (κ3) is 6.14. The molecule has 0 bridgehead atoms. The summed E-state index contributed by atoms with van der Waals surface area (Å²) in [6, 6.07) is 12.4. The van der Waals surface area contributed by atoms with Crippen molar-refractivity contribution in [2.24, 2.45) is 0 Å². The van der Waals surface area contributed by atoms with E-state index in [0.717, 1.165) is 16.8 Å². The number of nitrogens with one attached hydrogen (secondary N) is 2. The number of nitrogens with zero attached hydrogens (tertiary/aromatic N) is 6. The number of fused-ring (bicyclic) bond motifs is 1. The molecule has 1 aliphatic heterocycles. The number of H-pyrrole nitrogens is 1. The van der Waals surface area contributed by atoms with Gasteiger partial charge in [-0.05, 0) is 44.4 Å². The minimum Gasteiger partial charge on any atom is -0.445 e. The third-order valence-electron chi connectivity index (χ3n) is 7.29. The van der Waals surface area contributed by atoms with Gasteiger partial charge >= 0.3 is 12.3 Å². The number of benzene rings is 1. The summed E-state index contributed by atoms with van der Waals surface area (Å²) in [7, 11) is 0. The van der Waals surface area contributed by atoms with E-state index in [4.69, 9.17) is 4.74 Å². The van der Waals surface area contributed by atoms with Gasteiger partial charge in [0.05, 0.1) is 5.69 Å². The highest BCUT2D eigenvalue weighted by molar-refractivity contribution is 7.14. The summed E-state index contributed by atoms with van der Waals surface area (Å²) in [6.45, 7) is 4.21. The first-order chi connectivity index (χ1) is 20.7. The molecule has 222 valence electrons. The average Bonchev–Trinajstić information content (AvgIpc) is 3.62. The molecule has 2 atom stereocenters. The lowest BCUT2D eigenvalue weighted by Gasteiger charge is -2.37. The van der Waals surface area contributed by atoms with Crippen LogP contribution in [0.2, 0.25) is 0 Å². The van der Waals surface area contributed by atoms with Crippen LogP contribution >= 0.6 is 11.3 Å². The summed E-state index contributed by atoms with van der Waals surface area (Å²) in [5.74, 6) is 0.0309. The molecule has 1 fully saturated rings. The first kappa shape index (κ1) is 28.5. The maximum atomic E-state index is 14.1. The second-order valence-electron chi connectivity index (χ2n) is 10.3. The zero-order chi connectivity index (χ0) is 30.1. The number of amides is 1. The van der Waals surface area contributed by atoms with Crippen LogP contribution in [0.1, 0.15) is 35.9 Å². The normalized spacial score (nSPS) is 17.3. The molecule has 2 N–H and O–H groups in total. The molecule has 10 nitrogen and oxygen atoms in total. The van der Waals surface area contributed by atoms with Crippen molar-refractivity contribution in [2.45, 2.75) is 51.6 Å². The first-order valence-corrected chi connectivity index (χ1v) is 14.4. The predicted octanol–water partition coefficient (Wildman–Crippen LogP) is 6.47. The van der Waals surface area contributed by atoms with Gasteiger partial charge in [0, 0.05) is 42.0 Å². The Labute approximate surface area is 248 Å². The van der Waals surface area contributed by atoms with E-state index in [2.05, 4.69) is 35.5 Å². The number of anilines is 1. The highest BCUT2D eigenvalue weighted by Crippen LogP contribution is 2.39. The van der Waals surface area contributed by atoms with E-state index in [1.54, 1.807) is 17.0 Å². The number of ether oxygens (including phenoxy) is 1.